The monoisotopic (exact) mass is 229 g/mol. The number of hydrogen-bond acceptors (Lipinski definition) is 4. The number of fused-ring (bicyclic) bond motifs is 1. The molecule has 2 aromatic rings. The summed E-state index contributed by atoms with van der Waals surface area (Å²) < 4.78 is 1.54. The average Bonchev–Trinajstić information content (AvgIpc) is 2.49. The first-order valence-electron chi connectivity index (χ1n) is 3.75. The summed E-state index contributed by atoms with van der Waals surface area (Å²) in [5, 5.41) is 7.95. The molecule has 0 N–H and O–H groups in total. The molecule has 0 saturated carbocycles. The molecule has 0 amide bonds. The Morgan fingerprint density at radius 2 is 2.14 bits per heavy atom. The highest BCUT2D eigenvalue weighted by Gasteiger charge is 2.11. The third kappa shape index (κ3) is 1.44. The van der Waals surface area contributed by atoms with E-state index in [-0.39, 0.29) is 10.4 Å². The zero-order valence-corrected chi connectivity index (χ0v) is 8.50. The van der Waals surface area contributed by atoms with Crippen LogP contribution in [0, 0.1) is 0 Å². The van der Waals surface area contributed by atoms with Crippen molar-refractivity contribution in [1.82, 2.24) is 25.0 Å². The molecule has 0 atom stereocenters. The van der Waals surface area contributed by atoms with Crippen LogP contribution < -0.4 is 0 Å². The van der Waals surface area contributed by atoms with Gasteiger partial charge >= 0.3 is 0 Å². The molecular formula is C7H5Cl2N5. The molecule has 7 heteroatoms. The number of aromatic nitrogens is 5. The molecule has 2 heterocycles. The first-order valence-corrected chi connectivity index (χ1v) is 4.51. The molecule has 0 aliphatic heterocycles. The van der Waals surface area contributed by atoms with Crippen LogP contribution in [0.2, 0.25) is 10.4 Å². The van der Waals surface area contributed by atoms with Crippen molar-refractivity contribution in [3.63, 3.8) is 0 Å². The van der Waals surface area contributed by atoms with E-state index in [2.05, 4.69) is 26.9 Å². The Kier molecular flexibility index (Phi) is 2.35. The summed E-state index contributed by atoms with van der Waals surface area (Å²) in [4.78, 5) is 7.73. The molecule has 0 aliphatic rings. The molecule has 5 nitrogen and oxygen atoms in total. The van der Waals surface area contributed by atoms with Crippen LogP contribution in [0.15, 0.2) is 12.7 Å². The van der Waals surface area contributed by atoms with Crippen LogP contribution in [0.4, 0.5) is 0 Å². The molecule has 2 rings (SSSR count). The van der Waals surface area contributed by atoms with Crippen LogP contribution in [-0.4, -0.2) is 25.0 Å². The molecule has 0 fully saturated rings. The summed E-state index contributed by atoms with van der Waals surface area (Å²) in [6.07, 6.45) is 1.68. The fourth-order valence-corrected chi connectivity index (χ4v) is 1.45. The topological polar surface area (TPSA) is 56.5 Å². The second-order valence-electron chi connectivity index (χ2n) is 2.52. The molecule has 0 bridgehead atoms. The summed E-state index contributed by atoms with van der Waals surface area (Å²) in [6, 6.07) is 0. The van der Waals surface area contributed by atoms with Gasteiger partial charge in [0.1, 0.15) is 0 Å². The summed E-state index contributed by atoms with van der Waals surface area (Å²) in [6.45, 7) is 4.09. The second kappa shape index (κ2) is 3.51. The lowest BCUT2D eigenvalue weighted by Crippen LogP contribution is -1.99. The van der Waals surface area contributed by atoms with E-state index in [0.29, 0.717) is 17.7 Å². The number of nitrogens with zero attached hydrogens (tertiary/aromatic N) is 5. The van der Waals surface area contributed by atoms with Gasteiger partial charge in [0.2, 0.25) is 5.28 Å². The van der Waals surface area contributed by atoms with Gasteiger partial charge in [-0.15, -0.1) is 11.7 Å². The lowest BCUT2D eigenvalue weighted by atomic mass is 10.5. The number of allylic oxidation sites excluding steroid dienone is 1. The van der Waals surface area contributed by atoms with Gasteiger partial charge in [-0.2, -0.15) is 4.98 Å². The zero-order chi connectivity index (χ0) is 10.1. The highest BCUT2D eigenvalue weighted by Crippen LogP contribution is 2.19. The van der Waals surface area contributed by atoms with Gasteiger partial charge in [-0.3, -0.25) is 0 Å². The Balaban J connectivity index is 2.71. The first kappa shape index (κ1) is 9.36. The molecule has 0 spiro atoms. The Morgan fingerprint density at radius 1 is 1.36 bits per heavy atom. The maximum atomic E-state index is 5.80. The molecule has 0 aliphatic carbocycles. The Hall–Kier alpha value is -1.20. The van der Waals surface area contributed by atoms with E-state index in [1.807, 2.05) is 0 Å². The van der Waals surface area contributed by atoms with Crippen molar-refractivity contribution in [2.45, 2.75) is 6.54 Å². The number of halogens is 2. The van der Waals surface area contributed by atoms with Gasteiger partial charge in [0.05, 0.1) is 6.54 Å². The molecule has 2 aromatic heterocycles. The number of rotatable bonds is 2. The summed E-state index contributed by atoms with van der Waals surface area (Å²) in [7, 11) is 0. The zero-order valence-electron chi connectivity index (χ0n) is 6.98. The van der Waals surface area contributed by atoms with E-state index in [1.54, 1.807) is 10.8 Å². The van der Waals surface area contributed by atoms with Crippen molar-refractivity contribution in [2.24, 2.45) is 0 Å². The first-order chi connectivity index (χ1) is 6.72. The molecule has 72 valence electrons. The van der Waals surface area contributed by atoms with Gasteiger partial charge in [0, 0.05) is 0 Å². The summed E-state index contributed by atoms with van der Waals surface area (Å²) in [5.41, 5.74) is 0.952. The van der Waals surface area contributed by atoms with Crippen LogP contribution in [0.3, 0.4) is 0 Å². The van der Waals surface area contributed by atoms with Crippen molar-refractivity contribution in [1.29, 1.82) is 0 Å². The van der Waals surface area contributed by atoms with E-state index >= 15 is 0 Å². The van der Waals surface area contributed by atoms with Gasteiger partial charge in [-0.25, -0.2) is 9.67 Å². The molecule has 0 aromatic carbocycles. The smallest absolute Gasteiger partial charge is 0.223 e. The minimum Gasteiger partial charge on any atom is -0.223 e. The van der Waals surface area contributed by atoms with Crippen LogP contribution >= 0.6 is 23.2 Å². The van der Waals surface area contributed by atoms with Gasteiger partial charge in [-0.05, 0) is 11.6 Å². The van der Waals surface area contributed by atoms with Crippen LogP contribution in [-0.2, 0) is 6.54 Å². The standard InChI is InChI=1S/C7H5Cl2N5/c1-2-3-14-6-4(12-13-14)5(8)10-7(9)11-6/h2H,1,3H2. The Labute approximate surface area is 89.4 Å². The van der Waals surface area contributed by atoms with Crippen molar-refractivity contribution in [2.75, 3.05) is 0 Å². The molecule has 0 radical (unpaired) electrons. The van der Waals surface area contributed by atoms with Crippen LogP contribution in [0.5, 0.6) is 0 Å². The maximum absolute atomic E-state index is 5.80. The van der Waals surface area contributed by atoms with E-state index < -0.39 is 0 Å². The third-order valence-corrected chi connectivity index (χ3v) is 2.03. The summed E-state index contributed by atoms with van der Waals surface area (Å²) in [5.74, 6) is 0. The van der Waals surface area contributed by atoms with Crippen molar-refractivity contribution in [3.8, 4) is 0 Å². The fourth-order valence-electron chi connectivity index (χ4n) is 1.04. The van der Waals surface area contributed by atoms with Crippen molar-refractivity contribution >= 4 is 34.4 Å². The quantitative estimate of drug-likeness (QED) is 0.447. The molecular weight excluding hydrogens is 225 g/mol. The van der Waals surface area contributed by atoms with E-state index in [9.17, 15) is 0 Å². The lowest BCUT2D eigenvalue weighted by molar-refractivity contribution is 0.677. The fraction of sp³-hybridized carbons (Fsp3) is 0.143. The molecule has 14 heavy (non-hydrogen) atoms. The van der Waals surface area contributed by atoms with E-state index in [4.69, 9.17) is 23.2 Å². The largest absolute Gasteiger partial charge is 0.225 e. The number of hydrogen-bond donors (Lipinski definition) is 0. The predicted octanol–water partition coefficient (Wildman–Crippen LogP) is 1.71. The highest BCUT2D eigenvalue weighted by atomic mass is 35.5. The van der Waals surface area contributed by atoms with E-state index in [0.717, 1.165) is 0 Å². The van der Waals surface area contributed by atoms with Gasteiger partial charge in [0.25, 0.3) is 0 Å². The average molecular weight is 230 g/mol. The minimum absolute atomic E-state index is 0.0788. The SMILES string of the molecule is C=CCn1nnc2c(Cl)nc(Cl)nc21. The third-order valence-electron chi connectivity index (χ3n) is 1.59. The summed E-state index contributed by atoms with van der Waals surface area (Å²) >= 11 is 11.5. The van der Waals surface area contributed by atoms with Gasteiger partial charge in [0.15, 0.2) is 16.3 Å². The Bertz CT molecular complexity index is 492. The van der Waals surface area contributed by atoms with Crippen LogP contribution in [0.25, 0.3) is 11.2 Å². The highest BCUT2D eigenvalue weighted by molar-refractivity contribution is 6.35. The second-order valence-corrected chi connectivity index (χ2v) is 3.21. The van der Waals surface area contributed by atoms with Crippen molar-refractivity contribution < 1.29 is 0 Å². The normalized spacial score (nSPS) is 10.7. The predicted molar refractivity (Wildman–Crippen MR) is 53.3 cm³/mol. The molecule has 0 unspecified atom stereocenters. The van der Waals surface area contributed by atoms with Crippen molar-refractivity contribution in [3.05, 3.63) is 23.1 Å². The van der Waals surface area contributed by atoms with Gasteiger partial charge in [-0.1, -0.05) is 22.9 Å². The lowest BCUT2D eigenvalue weighted by Gasteiger charge is -1.96. The molecule has 0 saturated heterocycles. The maximum Gasteiger partial charge on any atom is 0.225 e. The van der Waals surface area contributed by atoms with Crippen LogP contribution in [0.1, 0.15) is 0 Å². The minimum atomic E-state index is 0.0788. The van der Waals surface area contributed by atoms with Gasteiger partial charge < -0.3 is 0 Å². The Morgan fingerprint density at radius 3 is 2.86 bits per heavy atom. The van der Waals surface area contributed by atoms with E-state index in [1.165, 1.54) is 0 Å².